The number of nitrogens with one attached hydrogen (secondary N) is 2. The van der Waals surface area contributed by atoms with E-state index < -0.39 is 0 Å². The Balaban J connectivity index is 1.75. The molecule has 0 aliphatic rings. The van der Waals surface area contributed by atoms with Crippen molar-refractivity contribution in [3.05, 3.63) is 30.6 Å². The number of aromatic nitrogens is 5. The van der Waals surface area contributed by atoms with Crippen molar-refractivity contribution in [3.8, 4) is 0 Å². The molecule has 0 bridgehead atoms. The van der Waals surface area contributed by atoms with E-state index in [4.69, 9.17) is 0 Å². The van der Waals surface area contributed by atoms with Crippen molar-refractivity contribution in [2.24, 2.45) is 0 Å². The summed E-state index contributed by atoms with van der Waals surface area (Å²) in [5, 5.41) is 17.5. The fourth-order valence-electron chi connectivity index (χ4n) is 1.85. The zero-order valence-corrected chi connectivity index (χ0v) is 11.7. The van der Waals surface area contributed by atoms with E-state index in [1.165, 1.54) is 0 Å². The van der Waals surface area contributed by atoms with Crippen LogP contribution in [-0.4, -0.2) is 36.6 Å². The third kappa shape index (κ3) is 3.81. The van der Waals surface area contributed by atoms with Crippen LogP contribution in [0.15, 0.2) is 24.8 Å². The maximum Gasteiger partial charge on any atom is 0.315 e. The molecule has 20 heavy (non-hydrogen) atoms. The number of urea groups is 1. The van der Waals surface area contributed by atoms with Crippen LogP contribution in [0.2, 0.25) is 0 Å². The molecule has 0 aliphatic heterocycles. The van der Waals surface area contributed by atoms with Gasteiger partial charge in [-0.05, 0) is 19.9 Å². The van der Waals surface area contributed by atoms with Crippen LogP contribution in [0.3, 0.4) is 0 Å². The van der Waals surface area contributed by atoms with E-state index in [2.05, 4.69) is 25.9 Å². The second kappa shape index (κ2) is 6.69. The zero-order valence-electron chi connectivity index (χ0n) is 11.7. The van der Waals surface area contributed by atoms with Crippen LogP contribution in [-0.2, 0) is 19.6 Å². The van der Waals surface area contributed by atoms with E-state index >= 15 is 0 Å². The zero-order chi connectivity index (χ0) is 14.4. The predicted molar refractivity (Wildman–Crippen MR) is 72.8 cm³/mol. The molecule has 2 N–H and O–H groups in total. The van der Waals surface area contributed by atoms with Crippen LogP contribution >= 0.6 is 0 Å². The number of hydrogen-bond acceptors (Lipinski definition) is 4. The number of rotatable bonds is 6. The molecule has 0 saturated heterocycles. The minimum atomic E-state index is -0.227. The molecule has 1 atom stereocenters. The van der Waals surface area contributed by atoms with Gasteiger partial charge in [-0.1, -0.05) is 0 Å². The van der Waals surface area contributed by atoms with E-state index in [0.717, 1.165) is 12.4 Å². The second-order valence-corrected chi connectivity index (χ2v) is 4.49. The lowest BCUT2D eigenvalue weighted by Crippen LogP contribution is -2.42. The molecule has 0 radical (unpaired) electrons. The molecule has 2 aromatic heterocycles. The first kappa shape index (κ1) is 14.0. The summed E-state index contributed by atoms with van der Waals surface area (Å²) in [6, 6.07) is 1.61. The van der Waals surface area contributed by atoms with Crippen molar-refractivity contribution in [3.63, 3.8) is 0 Å². The molecule has 108 valence electrons. The van der Waals surface area contributed by atoms with Crippen molar-refractivity contribution in [1.29, 1.82) is 0 Å². The quantitative estimate of drug-likeness (QED) is 0.799. The van der Waals surface area contributed by atoms with Gasteiger partial charge in [0.2, 0.25) is 0 Å². The smallest absolute Gasteiger partial charge is 0.315 e. The Kier molecular flexibility index (Phi) is 4.70. The van der Waals surface area contributed by atoms with E-state index in [9.17, 15) is 4.79 Å². The molecule has 0 spiro atoms. The van der Waals surface area contributed by atoms with Crippen molar-refractivity contribution in [2.75, 3.05) is 0 Å². The van der Waals surface area contributed by atoms with E-state index in [1.807, 2.05) is 30.7 Å². The highest BCUT2D eigenvalue weighted by atomic mass is 16.2. The molecule has 0 aromatic carbocycles. The molecule has 2 amide bonds. The largest absolute Gasteiger partial charge is 0.334 e. The van der Waals surface area contributed by atoms with Gasteiger partial charge in [-0.2, -0.15) is 5.10 Å². The highest BCUT2D eigenvalue weighted by Crippen LogP contribution is 1.94. The third-order valence-corrected chi connectivity index (χ3v) is 2.84. The van der Waals surface area contributed by atoms with Crippen LogP contribution in [0.1, 0.15) is 19.7 Å². The van der Waals surface area contributed by atoms with Gasteiger partial charge in [0, 0.05) is 25.0 Å². The molecule has 2 rings (SSSR count). The van der Waals surface area contributed by atoms with Gasteiger partial charge in [-0.25, -0.2) is 4.79 Å². The summed E-state index contributed by atoms with van der Waals surface area (Å²) >= 11 is 0. The van der Waals surface area contributed by atoms with Gasteiger partial charge in [0.15, 0.2) is 5.82 Å². The van der Waals surface area contributed by atoms with E-state index in [-0.39, 0.29) is 12.1 Å². The van der Waals surface area contributed by atoms with Gasteiger partial charge in [0.25, 0.3) is 0 Å². The fourth-order valence-corrected chi connectivity index (χ4v) is 1.85. The lowest BCUT2D eigenvalue weighted by molar-refractivity contribution is 0.235. The lowest BCUT2D eigenvalue weighted by atomic mass is 10.3. The fraction of sp³-hybridized carbons (Fsp3) is 0.500. The van der Waals surface area contributed by atoms with Gasteiger partial charge in [-0.15, -0.1) is 10.2 Å². The average Bonchev–Trinajstić information content (AvgIpc) is 3.06. The lowest BCUT2D eigenvalue weighted by Gasteiger charge is -2.14. The first-order chi connectivity index (χ1) is 9.69. The Hall–Kier alpha value is -2.38. The minimum Gasteiger partial charge on any atom is -0.334 e. The van der Waals surface area contributed by atoms with Crippen LogP contribution < -0.4 is 10.6 Å². The van der Waals surface area contributed by atoms with Gasteiger partial charge in [-0.3, -0.25) is 4.68 Å². The molecule has 8 heteroatoms. The summed E-state index contributed by atoms with van der Waals surface area (Å²) in [5.41, 5.74) is 0. The maximum absolute atomic E-state index is 11.8. The van der Waals surface area contributed by atoms with E-state index in [1.54, 1.807) is 17.2 Å². The number of aryl methyl sites for hydroxylation is 1. The minimum absolute atomic E-state index is 0.0149. The van der Waals surface area contributed by atoms with Crippen molar-refractivity contribution >= 4 is 6.03 Å². The number of carbonyl (C=O) groups excluding carboxylic acids is 1. The number of nitrogens with zero attached hydrogens (tertiary/aromatic N) is 5. The number of amides is 2. The van der Waals surface area contributed by atoms with E-state index in [0.29, 0.717) is 13.1 Å². The normalized spacial score (nSPS) is 12.1. The molecule has 0 unspecified atom stereocenters. The first-order valence-corrected chi connectivity index (χ1v) is 6.57. The summed E-state index contributed by atoms with van der Waals surface area (Å²) in [7, 11) is 0. The van der Waals surface area contributed by atoms with Crippen LogP contribution in [0, 0.1) is 0 Å². The Morgan fingerprint density at radius 3 is 3.05 bits per heavy atom. The Morgan fingerprint density at radius 1 is 1.50 bits per heavy atom. The SMILES string of the molecule is CCn1cnnc1CNC(=O)N[C@@H](C)Cn1cccn1. The predicted octanol–water partition coefficient (Wildman–Crippen LogP) is 0.382. The second-order valence-electron chi connectivity index (χ2n) is 4.49. The monoisotopic (exact) mass is 277 g/mol. The van der Waals surface area contributed by atoms with Crippen LogP contribution in [0.25, 0.3) is 0 Å². The van der Waals surface area contributed by atoms with Gasteiger partial charge in [0.1, 0.15) is 6.33 Å². The summed E-state index contributed by atoms with van der Waals surface area (Å²) in [5.74, 6) is 0.738. The molecule has 0 fully saturated rings. The Labute approximate surface area is 117 Å². The summed E-state index contributed by atoms with van der Waals surface area (Å²) in [4.78, 5) is 11.8. The maximum atomic E-state index is 11.8. The topological polar surface area (TPSA) is 89.7 Å². The van der Waals surface area contributed by atoms with Crippen LogP contribution in [0.4, 0.5) is 4.79 Å². The van der Waals surface area contributed by atoms with Gasteiger partial charge in [0.05, 0.1) is 13.1 Å². The molecular weight excluding hydrogens is 258 g/mol. The molecule has 0 saturated carbocycles. The van der Waals surface area contributed by atoms with Crippen molar-refractivity contribution in [2.45, 2.75) is 39.5 Å². The molecule has 0 aliphatic carbocycles. The Bertz CT molecular complexity index is 534. The van der Waals surface area contributed by atoms with Gasteiger partial charge >= 0.3 is 6.03 Å². The average molecular weight is 277 g/mol. The highest BCUT2D eigenvalue weighted by Gasteiger charge is 2.09. The summed E-state index contributed by atoms with van der Waals surface area (Å²) < 4.78 is 3.66. The summed E-state index contributed by atoms with van der Waals surface area (Å²) in [6.45, 7) is 5.69. The van der Waals surface area contributed by atoms with Crippen LogP contribution in [0.5, 0.6) is 0 Å². The summed E-state index contributed by atoms with van der Waals surface area (Å²) in [6.07, 6.45) is 5.22. The van der Waals surface area contributed by atoms with Gasteiger partial charge < -0.3 is 15.2 Å². The molecule has 2 aromatic rings. The molecule has 8 nitrogen and oxygen atoms in total. The van der Waals surface area contributed by atoms with Crippen molar-refractivity contribution in [1.82, 2.24) is 35.2 Å². The Morgan fingerprint density at radius 2 is 2.35 bits per heavy atom. The number of carbonyl (C=O) groups is 1. The third-order valence-electron chi connectivity index (χ3n) is 2.84. The van der Waals surface area contributed by atoms with Crippen molar-refractivity contribution < 1.29 is 4.79 Å². The standard InChI is InChI=1S/C12H19N7O/c1-3-18-9-14-17-11(18)7-13-12(20)16-10(2)8-19-6-4-5-15-19/h4-6,9-10H,3,7-8H2,1-2H3,(H2,13,16,20)/t10-/m0/s1. The molecular formula is C12H19N7O. The highest BCUT2D eigenvalue weighted by molar-refractivity contribution is 5.74. The first-order valence-electron chi connectivity index (χ1n) is 6.57. The number of hydrogen-bond donors (Lipinski definition) is 2. The molecule has 2 heterocycles.